The molecule has 2 heterocycles. The topological polar surface area (TPSA) is 64.8 Å². The molecule has 0 aromatic carbocycles. The fourth-order valence-corrected chi connectivity index (χ4v) is 2.11. The molecule has 2 unspecified atom stereocenters. The standard InChI is InChI=1S/C13H20N2O4/c1-4-10-7-18-9(3)6-15(10)13-14-11(8-19-13)12(16)17-5-2/h8-10H,4-7H2,1-3H3. The molecule has 2 atom stereocenters. The fourth-order valence-electron chi connectivity index (χ4n) is 2.11. The summed E-state index contributed by atoms with van der Waals surface area (Å²) in [6, 6.07) is 0.690. The Kier molecular flexibility index (Phi) is 4.42. The SMILES string of the molecule is CCOC(=O)c1coc(N2CC(C)OCC2CC)n1. The van der Waals surface area contributed by atoms with Gasteiger partial charge >= 0.3 is 5.97 Å². The molecule has 1 aliphatic heterocycles. The molecule has 0 amide bonds. The molecule has 6 nitrogen and oxygen atoms in total. The minimum absolute atomic E-state index is 0.126. The van der Waals surface area contributed by atoms with Gasteiger partial charge in [0, 0.05) is 6.54 Å². The smallest absolute Gasteiger partial charge is 0.360 e. The zero-order valence-corrected chi connectivity index (χ0v) is 11.6. The van der Waals surface area contributed by atoms with Crippen LogP contribution in [0.25, 0.3) is 0 Å². The van der Waals surface area contributed by atoms with E-state index in [-0.39, 0.29) is 17.8 Å². The van der Waals surface area contributed by atoms with Crippen LogP contribution < -0.4 is 4.90 Å². The Balaban J connectivity index is 2.13. The number of rotatable bonds is 4. The number of carbonyl (C=O) groups excluding carboxylic acids is 1. The van der Waals surface area contributed by atoms with Crippen molar-refractivity contribution in [1.82, 2.24) is 4.98 Å². The zero-order chi connectivity index (χ0) is 13.8. The van der Waals surface area contributed by atoms with Crippen LogP contribution in [0.3, 0.4) is 0 Å². The normalized spacial score (nSPS) is 23.4. The van der Waals surface area contributed by atoms with Gasteiger partial charge in [0.1, 0.15) is 6.26 Å². The highest BCUT2D eigenvalue weighted by molar-refractivity contribution is 5.87. The molecule has 2 rings (SSSR count). The monoisotopic (exact) mass is 268 g/mol. The lowest BCUT2D eigenvalue weighted by molar-refractivity contribution is 0.0278. The minimum Gasteiger partial charge on any atom is -0.461 e. The number of oxazole rings is 1. The van der Waals surface area contributed by atoms with Crippen LogP contribution in [0.15, 0.2) is 10.7 Å². The second kappa shape index (κ2) is 6.06. The molecule has 1 saturated heterocycles. The lowest BCUT2D eigenvalue weighted by Crippen LogP contribution is -2.48. The van der Waals surface area contributed by atoms with Gasteiger partial charge < -0.3 is 18.8 Å². The average Bonchev–Trinajstić information content (AvgIpc) is 2.88. The van der Waals surface area contributed by atoms with E-state index in [4.69, 9.17) is 13.9 Å². The summed E-state index contributed by atoms with van der Waals surface area (Å²) in [7, 11) is 0. The van der Waals surface area contributed by atoms with Crippen LogP contribution in [0.4, 0.5) is 6.01 Å². The van der Waals surface area contributed by atoms with Crippen molar-refractivity contribution in [3.05, 3.63) is 12.0 Å². The first-order valence-electron chi connectivity index (χ1n) is 6.66. The van der Waals surface area contributed by atoms with Crippen molar-refractivity contribution in [3.63, 3.8) is 0 Å². The predicted octanol–water partition coefficient (Wildman–Crippen LogP) is 1.85. The summed E-state index contributed by atoms with van der Waals surface area (Å²) in [5.74, 6) is -0.452. The Labute approximate surface area is 112 Å². The van der Waals surface area contributed by atoms with Gasteiger partial charge in [-0.05, 0) is 20.3 Å². The van der Waals surface area contributed by atoms with Gasteiger partial charge in [-0.25, -0.2) is 4.79 Å². The first-order chi connectivity index (χ1) is 9.15. The lowest BCUT2D eigenvalue weighted by atomic mass is 10.1. The molecular formula is C13H20N2O4. The van der Waals surface area contributed by atoms with Crippen LogP contribution in [0.2, 0.25) is 0 Å². The average molecular weight is 268 g/mol. The van der Waals surface area contributed by atoms with E-state index in [2.05, 4.69) is 16.8 Å². The van der Waals surface area contributed by atoms with Crippen molar-refractivity contribution in [2.24, 2.45) is 0 Å². The highest BCUT2D eigenvalue weighted by Crippen LogP contribution is 2.23. The van der Waals surface area contributed by atoms with E-state index in [0.29, 0.717) is 25.8 Å². The molecule has 0 spiro atoms. The third kappa shape index (κ3) is 3.07. The van der Waals surface area contributed by atoms with Crippen molar-refractivity contribution in [2.45, 2.75) is 39.3 Å². The molecule has 106 valence electrons. The molecule has 1 aromatic heterocycles. The van der Waals surface area contributed by atoms with E-state index in [0.717, 1.165) is 6.42 Å². The number of esters is 1. The van der Waals surface area contributed by atoms with E-state index >= 15 is 0 Å². The molecular weight excluding hydrogens is 248 g/mol. The molecule has 0 aliphatic carbocycles. The number of hydrogen-bond acceptors (Lipinski definition) is 6. The molecule has 1 aliphatic rings. The summed E-state index contributed by atoms with van der Waals surface area (Å²) in [6.07, 6.45) is 2.41. The third-order valence-corrected chi connectivity index (χ3v) is 3.16. The molecule has 1 fully saturated rings. The van der Waals surface area contributed by atoms with Crippen LogP contribution in [0.1, 0.15) is 37.7 Å². The fraction of sp³-hybridized carbons (Fsp3) is 0.692. The van der Waals surface area contributed by atoms with Gasteiger partial charge in [0.2, 0.25) is 0 Å². The Bertz CT molecular complexity index is 432. The third-order valence-electron chi connectivity index (χ3n) is 3.16. The summed E-state index contributed by atoms with van der Waals surface area (Å²) < 4.78 is 15.9. The number of carbonyl (C=O) groups is 1. The Morgan fingerprint density at radius 1 is 1.58 bits per heavy atom. The van der Waals surface area contributed by atoms with Crippen LogP contribution >= 0.6 is 0 Å². The van der Waals surface area contributed by atoms with E-state index in [1.807, 2.05) is 6.92 Å². The van der Waals surface area contributed by atoms with Gasteiger partial charge in [0.25, 0.3) is 6.01 Å². The van der Waals surface area contributed by atoms with Crippen molar-refractivity contribution >= 4 is 12.0 Å². The van der Waals surface area contributed by atoms with Crippen molar-refractivity contribution < 1.29 is 18.7 Å². The van der Waals surface area contributed by atoms with Crippen LogP contribution in [-0.2, 0) is 9.47 Å². The van der Waals surface area contributed by atoms with Crippen molar-refractivity contribution in [1.29, 1.82) is 0 Å². The number of hydrogen-bond donors (Lipinski definition) is 0. The van der Waals surface area contributed by atoms with E-state index in [1.54, 1.807) is 6.92 Å². The maximum atomic E-state index is 11.6. The van der Waals surface area contributed by atoms with Crippen molar-refractivity contribution in [2.75, 3.05) is 24.7 Å². The van der Waals surface area contributed by atoms with Gasteiger partial charge in [0.05, 0.1) is 25.4 Å². The number of nitrogens with zero attached hydrogens (tertiary/aromatic N) is 2. The largest absolute Gasteiger partial charge is 0.461 e. The first-order valence-corrected chi connectivity index (χ1v) is 6.66. The maximum Gasteiger partial charge on any atom is 0.360 e. The molecule has 0 radical (unpaired) electrons. The van der Waals surface area contributed by atoms with E-state index in [1.165, 1.54) is 6.26 Å². The van der Waals surface area contributed by atoms with E-state index in [9.17, 15) is 4.79 Å². The van der Waals surface area contributed by atoms with Gasteiger partial charge in [0.15, 0.2) is 5.69 Å². The number of anilines is 1. The summed E-state index contributed by atoms with van der Waals surface area (Å²) >= 11 is 0. The van der Waals surface area contributed by atoms with Gasteiger partial charge in [-0.15, -0.1) is 0 Å². The quantitative estimate of drug-likeness (QED) is 0.776. The predicted molar refractivity (Wildman–Crippen MR) is 69.3 cm³/mol. The second-order valence-corrected chi connectivity index (χ2v) is 4.59. The Hall–Kier alpha value is -1.56. The molecule has 1 aromatic rings. The zero-order valence-electron chi connectivity index (χ0n) is 11.6. The second-order valence-electron chi connectivity index (χ2n) is 4.59. The summed E-state index contributed by atoms with van der Waals surface area (Å²) in [5.41, 5.74) is 0.214. The Morgan fingerprint density at radius 3 is 3.05 bits per heavy atom. The van der Waals surface area contributed by atoms with Crippen LogP contribution in [0.5, 0.6) is 0 Å². The van der Waals surface area contributed by atoms with Crippen molar-refractivity contribution in [3.8, 4) is 0 Å². The van der Waals surface area contributed by atoms with Crippen LogP contribution in [0, 0.1) is 0 Å². The molecule has 19 heavy (non-hydrogen) atoms. The molecule has 0 N–H and O–H groups in total. The lowest BCUT2D eigenvalue weighted by Gasteiger charge is -2.37. The number of morpholine rings is 1. The summed E-state index contributed by atoms with van der Waals surface area (Å²) in [5, 5.41) is 0. The minimum atomic E-state index is -0.452. The summed E-state index contributed by atoms with van der Waals surface area (Å²) in [4.78, 5) is 17.8. The molecule has 0 saturated carbocycles. The maximum absolute atomic E-state index is 11.6. The van der Waals surface area contributed by atoms with Gasteiger partial charge in [-0.1, -0.05) is 6.92 Å². The van der Waals surface area contributed by atoms with Crippen LogP contribution in [-0.4, -0.2) is 42.9 Å². The molecule has 6 heteroatoms. The summed E-state index contributed by atoms with van der Waals surface area (Å²) in [6.45, 7) is 7.54. The number of aromatic nitrogens is 1. The van der Waals surface area contributed by atoms with E-state index < -0.39 is 5.97 Å². The highest BCUT2D eigenvalue weighted by Gasteiger charge is 2.29. The Morgan fingerprint density at radius 2 is 2.37 bits per heavy atom. The molecule has 0 bridgehead atoms. The van der Waals surface area contributed by atoms with Gasteiger partial charge in [-0.2, -0.15) is 4.98 Å². The van der Waals surface area contributed by atoms with Gasteiger partial charge in [-0.3, -0.25) is 0 Å². The highest BCUT2D eigenvalue weighted by atomic mass is 16.5. The number of ether oxygens (including phenoxy) is 2. The first kappa shape index (κ1) is 13.9.